The fraction of sp³-hybridized carbons (Fsp3) is 0.762. The number of nitrogens with one attached hydrogen (secondary N) is 2. The summed E-state index contributed by atoms with van der Waals surface area (Å²) in [4.78, 5) is 59.3. The minimum atomic E-state index is -0.655. The molecule has 1 aliphatic rings. The first kappa shape index (κ1) is 28.5. The fourth-order valence-electron chi connectivity index (χ4n) is 3.16. The van der Waals surface area contributed by atoms with Crippen LogP contribution in [0.5, 0.6) is 0 Å². The van der Waals surface area contributed by atoms with E-state index >= 15 is 0 Å². The van der Waals surface area contributed by atoms with Crippen LogP contribution in [0.2, 0.25) is 0 Å². The standard InChI is InChI=1S/C21H37N5O7/c1-2-15-13-19(29)26(21(15)31)9-6-17(27)25-8-10-32-11-12-33-14-18(28)24-7-4-3-5-16(22)20(23)30/h15-16H,2-14,22H2,1H3,(H2,23,30)(H,24,28)(H,25,27). The molecule has 1 fully saturated rings. The molecular formula is C21H37N5O7. The number of hydrogen-bond donors (Lipinski definition) is 4. The Labute approximate surface area is 194 Å². The number of rotatable bonds is 18. The minimum absolute atomic E-state index is 0.0596. The average molecular weight is 472 g/mol. The topological polar surface area (TPSA) is 183 Å². The van der Waals surface area contributed by atoms with E-state index in [1.165, 1.54) is 0 Å². The molecule has 12 nitrogen and oxygen atoms in total. The molecule has 2 unspecified atom stereocenters. The molecule has 1 heterocycles. The van der Waals surface area contributed by atoms with E-state index in [2.05, 4.69) is 10.6 Å². The lowest BCUT2D eigenvalue weighted by Crippen LogP contribution is -2.36. The number of amides is 5. The van der Waals surface area contributed by atoms with Crippen molar-refractivity contribution < 1.29 is 33.4 Å². The third-order valence-electron chi connectivity index (χ3n) is 5.20. The van der Waals surface area contributed by atoms with Gasteiger partial charge in [-0.3, -0.25) is 28.9 Å². The second-order valence-electron chi connectivity index (χ2n) is 7.81. The number of nitrogens with zero attached hydrogens (tertiary/aromatic N) is 1. The first-order valence-electron chi connectivity index (χ1n) is 11.3. The summed E-state index contributed by atoms with van der Waals surface area (Å²) < 4.78 is 10.5. The van der Waals surface area contributed by atoms with Gasteiger partial charge in [-0.25, -0.2) is 0 Å². The van der Waals surface area contributed by atoms with E-state index in [1.54, 1.807) is 0 Å². The van der Waals surface area contributed by atoms with Crippen LogP contribution >= 0.6 is 0 Å². The molecule has 1 saturated heterocycles. The van der Waals surface area contributed by atoms with Gasteiger partial charge in [0.25, 0.3) is 0 Å². The van der Waals surface area contributed by atoms with E-state index in [1.807, 2.05) is 6.92 Å². The van der Waals surface area contributed by atoms with Crippen LogP contribution in [0.4, 0.5) is 0 Å². The Kier molecular flexibility index (Phi) is 13.9. The van der Waals surface area contributed by atoms with Gasteiger partial charge in [0, 0.05) is 38.4 Å². The molecule has 188 valence electrons. The van der Waals surface area contributed by atoms with Crippen LogP contribution in [0.1, 0.15) is 45.4 Å². The summed E-state index contributed by atoms with van der Waals surface area (Å²) in [5.41, 5.74) is 10.6. The summed E-state index contributed by atoms with van der Waals surface area (Å²) >= 11 is 0. The van der Waals surface area contributed by atoms with Crippen LogP contribution in [0, 0.1) is 5.92 Å². The molecule has 33 heavy (non-hydrogen) atoms. The molecule has 6 N–H and O–H groups in total. The van der Waals surface area contributed by atoms with Crippen molar-refractivity contribution in [3.63, 3.8) is 0 Å². The summed E-state index contributed by atoms with van der Waals surface area (Å²) in [6.45, 7) is 3.39. The molecule has 1 aliphatic heterocycles. The van der Waals surface area contributed by atoms with Crippen LogP contribution in [-0.4, -0.2) is 86.5 Å². The third-order valence-corrected chi connectivity index (χ3v) is 5.20. The number of imide groups is 1. The van der Waals surface area contributed by atoms with Crippen molar-refractivity contribution in [1.29, 1.82) is 0 Å². The van der Waals surface area contributed by atoms with Crippen molar-refractivity contribution in [2.45, 2.75) is 51.5 Å². The van der Waals surface area contributed by atoms with E-state index in [4.69, 9.17) is 20.9 Å². The van der Waals surface area contributed by atoms with Gasteiger partial charge in [-0.15, -0.1) is 0 Å². The smallest absolute Gasteiger partial charge is 0.245 e. The zero-order valence-corrected chi connectivity index (χ0v) is 19.3. The molecule has 0 saturated carbocycles. The predicted molar refractivity (Wildman–Crippen MR) is 118 cm³/mol. The molecule has 0 aromatic rings. The fourth-order valence-corrected chi connectivity index (χ4v) is 3.16. The number of carbonyl (C=O) groups excluding carboxylic acids is 5. The van der Waals surface area contributed by atoms with Crippen LogP contribution in [0.15, 0.2) is 0 Å². The van der Waals surface area contributed by atoms with E-state index < -0.39 is 11.9 Å². The lowest BCUT2D eigenvalue weighted by atomic mass is 10.1. The first-order valence-corrected chi connectivity index (χ1v) is 11.3. The Balaban J connectivity index is 1.93. The van der Waals surface area contributed by atoms with Gasteiger partial charge in [-0.2, -0.15) is 0 Å². The molecule has 0 aliphatic carbocycles. The lowest BCUT2D eigenvalue weighted by Gasteiger charge is -2.14. The largest absolute Gasteiger partial charge is 0.377 e. The highest BCUT2D eigenvalue weighted by Gasteiger charge is 2.37. The van der Waals surface area contributed by atoms with Gasteiger partial charge < -0.3 is 31.6 Å². The van der Waals surface area contributed by atoms with Gasteiger partial charge in [0.05, 0.1) is 25.9 Å². The summed E-state index contributed by atoms with van der Waals surface area (Å²) in [6, 6.07) is -0.655. The molecule has 0 radical (unpaired) electrons. The van der Waals surface area contributed by atoms with Crippen molar-refractivity contribution in [2.75, 3.05) is 46.1 Å². The second kappa shape index (κ2) is 16.1. The van der Waals surface area contributed by atoms with Crippen LogP contribution in [0.25, 0.3) is 0 Å². The zero-order chi connectivity index (χ0) is 24.6. The predicted octanol–water partition coefficient (Wildman–Crippen LogP) is -1.59. The van der Waals surface area contributed by atoms with E-state index in [-0.39, 0.29) is 81.9 Å². The minimum Gasteiger partial charge on any atom is -0.377 e. The van der Waals surface area contributed by atoms with Gasteiger partial charge in [-0.05, 0) is 25.7 Å². The summed E-state index contributed by atoms with van der Waals surface area (Å²) in [5, 5.41) is 5.36. The maximum Gasteiger partial charge on any atom is 0.245 e. The maximum atomic E-state index is 12.0. The number of hydrogen-bond acceptors (Lipinski definition) is 8. The van der Waals surface area contributed by atoms with E-state index in [0.717, 1.165) is 4.90 Å². The number of carbonyl (C=O) groups is 5. The molecule has 0 spiro atoms. The van der Waals surface area contributed by atoms with E-state index in [0.29, 0.717) is 32.2 Å². The summed E-state index contributed by atoms with van der Waals surface area (Å²) in [7, 11) is 0. The number of ether oxygens (including phenoxy) is 2. The van der Waals surface area contributed by atoms with Crippen molar-refractivity contribution >= 4 is 29.5 Å². The van der Waals surface area contributed by atoms with Crippen molar-refractivity contribution in [1.82, 2.24) is 15.5 Å². The molecule has 5 amide bonds. The second-order valence-corrected chi connectivity index (χ2v) is 7.81. The number of unbranched alkanes of at least 4 members (excludes halogenated alkanes) is 1. The van der Waals surface area contributed by atoms with Crippen LogP contribution in [-0.2, 0) is 33.4 Å². The third kappa shape index (κ3) is 11.7. The van der Waals surface area contributed by atoms with Gasteiger partial charge in [0.15, 0.2) is 0 Å². The Morgan fingerprint density at radius 1 is 1.06 bits per heavy atom. The normalized spacial score (nSPS) is 16.7. The Hall–Kier alpha value is -2.57. The Morgan fingerprint density at radius 2 is 1.76 bits per heavy atom. The molecule has 2 atom stereocenters. The highest BCUT2D eigenvalue weighted by molar-refractivity contribution is 6.03. The molecule has 12 heteroatoms. The molecule has 0 aromatic carbocycles. The van der Waals surface area contributed by atoms with Gasteiger partial charge in [0.1, 0.15) is 6.61 Å². The first-order chi connectivity index (χ1) is 15.8. The van der Waals surface area contributed by atoms with Crippen molar-refractivity contribution in [3.05, 3.63) is 0 Å². The van der Waals surface area contributed by atoms with Gasteiger partial charge >= 0.3 is 0 Å². The Bertz CT molecular complexity index is 673. The highest BCUT2D eigenvalue weighted by Crippen LogP contribution is 2.22. The monoisotopic (exact) mass is 471 g/mol. The average Bonchev–Trinajstić information content (AvgIpc) is 3.06. The Morgan fingerprint density at radius 3 is 2.42 bits per heavy atom. The van der Waals surface area contributed by atoms with Gasteiger partial charge in [0.2, 0.25) is 29.5 Å². The lowest BCUT2D eigenvalue weighted by molar-refractivity contribution is -0.139. The number of likely N-dealkylation sites (tertiary alicyclic amines) is 1. The molecular weight excluding hydrogens is 434 g/mol. The molecule has 0 bridgehead atoms. The number of primary amides is 1. The van der Waals surface area contributed by atoms with Crippen molar-refractivity contribution in [2.24, 2.45) is 17.4 Å². The summed E-state index contributed by atoms with van der Waals surface area (Å²) in [5.74, 6) is -1.72. The maximum absolute atomic E-state index is 12.0. The summed E-state index contributed by atoms with van der Waals surface area (Å²) in [6.07, 6.45) is 2.76. The van der Waals surface area contributed by atoms with Gasteiger partial charge in [-0.1, -0.05) is 6.92 Å². The number of nitrogens with two attached hydrogens (primary N) is 2. The van der Waals surface area contributed by atoms with Crippen molar-refractivity contribution in [3.8, 4) is 0 Å². The van der Waals surface area contributed by atoms with Crippen LogP contribution in [0.3, 0.4) is 0 Å². The SMILES string of the molecule is CCC1CC(=O)N(CCC(=O)NCCOCCOCC(=O)NCCCCC(N)C(N)=O)C1=O. The molecule has 0 aromatic heterocycles. The highest BCUT2D eigenvalue weighted by atomic mass is 16.5. The van der Waals surface area contributed by atoms with Crippen LogP contribution < -0.4 is 22.1 Å². The molecule has 1 rings (SSSR count). The van der Waals surface area contributed by atoms with E-state index in [9.17, 15) is 24.0 Å². The quantitative estimate of drug-likeness (QED) is 0.136. The zero-order valence-electron chi connectivity index (χ0n) is 19.3.